The highest BCUT2D eigenvalue weighted by atomic mass is 16.5. The van der Waals surface area contributed by atoms with Gasteiger partial charge in [-0.05, 0) is 31.6 Å². The molecule has 1 unspecified atom stereocenters. The summed E-state index contributed by atoms with van der Waals surface area (Å²) in [5.74, 6) is 0.381. The molecule has 0 spiro atoms. The van der Waals surface area contributed by atoms with Gasteiger partial charge in [0.05, 0.1) is 18.8 Å². The third-order valence-corrected chi connectivity index (χ3v) is 3.62. The summed E-state index contributed by atoms with van der Waals surface area (Å²) in [4.78, 5) is 0. The fourth-order valence-electron chi connectivity index (χ4n) is 2.33. The predicted molar refractivity (Wildman–Crippen MR) is 58.1 cm³/mol. The highest BCUT2D eigenvalue weighted by Crippen LogP contribution is 2.38. The second-order valence-electron chi connectivity index (χ2n) is 5.00. The maximum Gasteiger partial charge on any atom is 0.130 e. The Kier molecular flexibility index (Phi) is 3.28. The summed E-state index contributed by atoms with van der Waals surface area (Å²) in [6.45, 7) is 0.429. The second-order valence-corrected chi connectivity index (χ2v) is 5.00. The van der Waals surface area contributed by atoms with Crippen molar-refractivity contribution in [2.75, 3.05) is 6.61 Å². The van der Waals surface area contributed by atoms with Crippen molar-refractivity contribution in [2.24, 2.45) is 11.7 Å². The molecule has 84 valence electrons. The number of nitriles is 1. The lowest BCUT2D eigenvalue weighted by molar-refractivity contribution is 0.00637. The predicted octanol–water partition coefficient (Wildman–Crippen LogP) is 1.97. The van der Waals surface area contributed by atoms with E-state index >= 15 is 0 Å². The Labute approximate surface area is 91.6 Å². The molecule has 0 radical (unpaired) electrons. The number of hydrogen-bond acceptors (Lipinski definition) is 3. The van der Waals surface area contributed by atoms with Gasteiger partial charge >= 0.3 is 0 Å². The maximum absolute atomic E-state index is 9.07. The summed E-state index contributed by atoms with van der Waals surface area (Å²) >= 11 is 0. The van der Waals surface area contributed by atoms with Crippen molar-refractivity contribution in [3.63, 3.8) is 0 Å². The van der Waals surface area contributed by atoms with E-state index in [1.807, 2.05) is 0 Å². The molecule has 0 bridgehead atoms. The van der Waals surface area contributed by atoms with Crippen molar-refractivity contribution in [3.8, 4) is 6.07 Å². The van der Waals surface area contributed by atoms with Crippen molar-refractivity contribution in [3.05, 3.63) is 0 Å². The Hall–Kier alpha value is -0.590. The number of nitrogens with zero attached hydrogens (tertiary/aromatic N) is 1. The van der Waals surface area contributed by atoms with Crippen LogP contribution in [0.4, 0.5) is 0 Å². The van der Waals surface area contributed by atoms with E-state index in [1.54, 1.807) is 0 Å². The van der Waals surface area contributed by atoms with Crippen LogP contribution in [-0.2, 0) is 4.74 Å². The first kappa shape index (κ1) is 10.9. The molecule has 0 heterocycles. The standard InChI is InChI=1S/C12H20N2O/c13-8-12(14,10-6-7-10)9-15-11-4-2-1-3-5-11/h10-11H,1-7,9,14H2. The first-order valence-corrected chi connectivity index (χ1v) is 6.06. The fourth-order valence-corrected chi connectivity index (χ4v) is 2.33. The summed E-state index contributed by atoms with van der Waals surface area (Å²) in [5, 5.41) is 9.07. The normalized spacial score (nSPS) is 26.9. The van der Waals surface area contributed by atoms with Gasteiger partial charge in [0.2, 0.25) is 0 Å². The Balaban J connectivity index is 1.78. The third-order valence-electron chi connectivity index (χ3n) is 3.62. The minimum atomic E-state index is -0.711. The number of hydrogen-bond donors (Lipinski definition) is 1. The van der Waals surface area contributed by atoms with Crippen LogP contribution in [0.25, 0.3) is 0 Å². The number of rotatable bonds is 4. The van der Waals surface area contributed by atoms with Gasteiger partial charge in [-0.3, -0.25) is 0 Å². The molecule has 1 atom stereocenters. The van der Waals surface area contributed by atoms with Crippen molar-refractivity contribution in [1.29, 1.82) is 5.26 Å². The fraction of sp³-hybridized carbons (Fsp3) is 0.917. The van der Waals surface area contributed by atoms with E-state index in [2.05, 4.69) is 6.07 Å². The lowest BCUT2D eigenvalue weighted by Gasteiger charge is -2.27. The van der Waals surface area contributed by atoms with Gasteiger partial charge in [0.15, 0.2) is 0 Å². The van der Waals surface area contributed by atoms with Gasteiger partial charge in [0.1, 0.15) is 5.54 Å². The molecule has 2 aliphatic rings. The third kappa shape index (κ3) is 2.70. The van der Waals surface area contributed by atoms with Gasteiger partial charge in [0, 0.05) is 0 Å². The topological polar surface area (TPSA) is 59.0 Å². The quantitative estimate of drug-likeness (QED) is 0.768. The highest BCUT2D eigenvalue weighted by Gasteiger charge is 2.43. The van der Waals surface area contributed by atoms with Crippen LogP contribution in [0, 0.1) is 17.2 Å². The molecule has 2 saturated carbocycles. The van der Waals surface area contributed by atoms with Gasteiger partial charge in [-0.1, -0.05) is 19.3 Å². The van der Waals surface area contributed by atoms with E-state index < -0.39 is 5.54 Å². The molecule has 0 aromatic heterocycles. The van der Waals surface area contributed by atoms with E-state index in [1.165, 1.54) is 19.3 Å². The molecule has 0 saturated heterocycles. The highest BCUT2D eigenvalue weighted by molar-refractivity contribution is 5.13. The van der Waals surface area contributed by atoms with E-state index in [0.29, 0.717) is 18.6 Å². The summed E-state index contributed by atoms with van der Waals surface area (Å²) in [5.41, 5.74) is 5.32. The number of nitrogens with two attached hydrogens (primary N) is 1. The zero-order valence-corrected chi connectivity index (χ0v) is 9.24. The Morgan fingerprint density at radius 2 is 1.87 bits per heavy atom. The molecule has 0 aromatic carbocycles. The van der Waals surface area contributed by atoms with Gasteiger partial charge in [-0.2, -0.15) is 5.26 Å². The first-order chi connectivity index (χ1) is 7.24. The second kappa shape index (κ2) is 4.51. The smallest absolute Gasteiger partial charge is 0.130 e. The maximum atomic E-state index is 9.07. The summed E-state index contributed by atoms with van der Waals surface area (Å²) in [6.07, 6.45) is 8.69. The molecular weight excluding hydrogens is 188 g/mol. The molecule has 0 amide bonds. The van der Waals surface area contributed by atoms with Crippen LogP contribution >= 0.6 is 0 Å². The van der Waals surface area contributed by atoms with Gasteiger partial charge < -0.3 is 10.5 Å². The lowest BCUT2D eigenvalue weighted by atomic mass is 9.95. The molecule has 2 aliphatic carbocycles. The van der Waals surface area contributed by atoms with Crippen LogP contribution < -0.4 is 5.73 Å². The van der Waals surface area contributed by atoms with Crippen LogP contribution in [0.5, 0.6) is 0 Å². The molecular formula is C12H20N2O. The Morgan fingerprint density at radius 3 is 2.40 bits per heavy atom. The monoisotopic (exact) mass is 208 g/mol. The molecule has 0 aliphatic heterocycles. The molecule has 2 N–H and O–H groups in total. The average molecular weight is 208 g/mol. The van der Waals surface area contributed by atoms with Crippen LogP contribution in [-0.4, -0.2) is 18.2 Å². The molecule has 3 nitrogen and oxygen atoms in total. The summed E-state index contributed by atoms with van der Waals surface area (Å²) < 4.78 is 5.79. The number of ether oxygens (including phenoxy) is 1. The largest absolute Gasteiger partial charge is 0.375 e. The van der Waals surface area contributed by atoms with Crippen molar-refractivity contribution < 1.29 is 4.74 Å². The summed E-state index contributed by atoms with van der Waals surface area (Å²) in [6, 6.07) is 2.23. The van der Waals surface area contributed by atoms with Crippen LogP contribution in [0.15, 0.2) is 0 Å². The van der Waals surface area contributed by atoms with Gasteiger partial charge in [-0.25, -0.2) is 0 Å². The van der Waals surface area contributed by atoms with Crippen LogP contribution in [0.1, 0.15) is 44.9 Å². The Bertz CT molecular complexity index is 251. The van der Waals surface area contributed by atoms with E-state index in [0.717, 1.165) is 25.7 Å². The van der Waals surface area contributed by atoms with Gasteiger partial charge in [0.25, 0.3) is 0 Å². The van der Waals surface area contributed by atoms with Crippen molar-refractivity contribution in [2.45, 2.75) is 56.6 Å². The van der Waals surface area contributed by atoms with Crippen LogP contribution in [0.2, 0.25) is 0 Å². The molecule has 2 rings (SSSR count). The zero-order valence-electron chi connectivity index (χ0n) is 9.24. The van der Waals surface area contributed by atoms with Gasteiger partial charge in [-0.15, -0.1) is 0 Å². The van der Waals surface area contributed by atoms with E-state index in [4.69, 9.17) is 15.7 Å². The molecule has 0 aromatic rings. The van der Waals surface area contributed by atoms with E-state index in [9.17, 15) is 0 Å². The van der Waals surface area contributed by atoms with Crippen molar-refractivity contribution >= 4 is 0 Å². The summed E-state index contributed by atoms with van der Waals surface area (Å²) in [7, 11) is 0. The molecule has 3 heteroatoms. The lowest BCUT2D eigenvalue weighted by Crippen LogP contribution is -2.46. The molecule has 15 heavy (non-hydrogen) atoms. The van der Waals surface area contributed by atoms with Crippen LogP contribution in [0.3, 0.4) is 0 Å². The Morgan fingerprint density at radius 1 is 1.20 bits per heavy atom. The van der Waals surface area contributed by atoms with E-state index in [-0.39, 0.29) is 0 Å². The molecule has 2 fully saturated rings. The minimum absolute atomic E-state index is 0.355. The zero-order chi connectivity index (χ0) is 10.7. The minimum Gasteiger partial charge on any atom is -0.375 e. The first-order valence-electron chi connectivity index (χ1n) is 6.06. The van der Waals surface area contributed by atoms with Crippen molar-refractivity contribution in [1.82, 2.24) is 0 Å². The average Bonchev–Trinajstić information content (AvgIpc) is 3.11. The SMILES string of the molecule is N#CC(N)(COC1CCCCC1)C1CC1.